The maximum atomic E-state index is 5.72. The maximum Gasteiger partial charge on any atom is 0.169 e. The van der Waals surface area contributed by atoms with Gasteiger partial charge in [0.1, 0.15) is 0 Å². The molecule has 0 atom stereocenters. The predicted molar refractivity (Wildman–Crippen MR) is 72.9 cm³/mol. The number of rotatable bonds is 3. The highest BCUT2D eigenvalue weighted by Crippen LogP contribution is 2.41. The Morgan fingerprint density at radius 2 is 2.24 bits per heavy atom. The van der Waals surface area contributed by atoms with Crippen LogP contribution in [0.4, 0.5) is 0 Å². The van der Waals surface area contributed by atoms with Crippen LogP contribution in [-0.2, 0) is 6.54 Å². The van der Waals surface area contributed by atoms with Crippen LogP contribution in [0.25, 0.3) is 10.7 Å². The van der Waals surface area contributed by atoms with Crippen LogP contribution in [0.3, 0.4) is 0 Å². The van der Waals surface area contributed by atoms with E-state index < -0.39 is 0 Å². The molecule has 1 aliphatic carbocycles. The Bertz CT molecular complexity index is 548. The Morgan fingerprint density at radius 3 is 2.82 bits per heavy atom. The van der Waals surface area contributed by atoms with Crippen LogP contribution in [0.5, 0.6) is 0 Å². The minimum absolute atomic E-state index is 0.528. The Labute approximate surface area is 112 Å². The van der Waals surface area contributed by atoms with E-state index in [0.29, 0.717) is 12.5 Å². The Morgan fingerprint density at radius 1 is 1.41 bits per heavy atom. The predicted octanol–water partition coefficient (Wildman–Crippen LogP) is 3.30. The van der Waals surface area contributed by atoms with Crippen LogP contribution in [0.2, 0.25) is 0 Å². The fourth-order valence-corrected chi connectivity index (χ4v) is 3.17. The number of aromatic nitrogens is 2. The number of hydrogen-bond donors (Lipinski definition) is 1. The van der Waals surface area contributed by atoms with Crippen molar-refractivity contribution < 1.29 is 0 Å². The van der Waals surface area contributed by atoms with Crippen LogP contribution in [0, 0.1) is 0 Å². The highest BCUT2D eigenvalue weighted by atomic mass is 79.9. The van der Waals surface area contributed by atoms with Gasteiger partial charge in [0.05, 0.1) is 14.4 Å². The lowest BCUT2D eigenvalue weighted by Crippen LogP contribution is -2.05. The van der Waals surface area contributed by atoms with E-state index in [1.807, 2.05) is 18.3 Å². The van der Waals surface area contributed by atoms with Crippen molar-refractivity contribution in [1.82, 2.24) is 9.97 Å². The van der Waals surface area contributed by atoms with Crippen molar-refractivity contribution in [2.45, 2.75) is 25.3 Å². The first-order valence-corrected chi connectivity index (χ1v) is 7.20. The molecule has 3 rings (SSSR count). The number of nitrogens with zero attached hydrogens (tertiary/aromatic N) is 2. The summed E-state index contributed by atoms with van der Waals surface area (Å²) in [5.74, 6) is 1.43. The fraction of sp³-hybridized carbons (Fsp3) is 0.333. The minimum Gasteiger partial charge on any atom is -0.326 e. The summed E-state index contributed by atoms with van der Waals surface area (Å²) in [4.78, 5) is 10.2. The van der Waals surface area contributed by atoms with Gasteiger partial charge in [-0.25, -0.2) is 9.97 Å². The van der Waals surface area contributed by atoms with Gasteiger partial charge in [0.2, 0.25) is 0 Å². The van der Waals surface area contributed by atoms with Gasteiger partial charge >= 0.3 is 0 Å². The van der Waals surface area contributed by atoms with Gasteiger partial charge in [-0.15, -0.1) is 11.3 Å². The van der Waals surface area contributed by atoms with Gasteiger partial charge in [-0.05, 0) is 40.9 Å². The van der Waals surface area contributed by atoms with E-state index in [0.717, 1.165) is 25.7 Å². The molecule has 0 bridgehead atoms. The van der Waals surface area contributed by atoms with E-state index in [1.165, 1.54) is 12.8 Å². The molecule has 2 heterocycles. The van der Waals surface area contributed by atoms with Crippen molar-refractivity contribution in [3.63, 3.8) is 0 Å². The van der Waals surface area contributed by atoms with Gasteiger partial charge in [-0.3, -0.25) is 0 Å². The topological polar surface area (TPSA) is 51.8 Å². The molecule has 0 aliphatic heterocycles. The first-order valence-electron chi connectivity index (χ1n) is 5.59. The van der Waals surface area contributed by atoms with Crippen molar-refractivity contribution in [2.24, 2.45) is 5.73 Å². The zero-order valence-corrected chi connectivity index (χ0v) is 11.6. The van der Waals surface area contributed by atoms with Crippen molar-refractivity contribution in [2.75, 3.05) is 0 Å². The molecule has 2 aromatic rings. The molecule has 0 radical (unpaired) electrons. The second-order valence-corrected chi connectivity index (χ2v) is 6.65. The molecule has 0 saturated heterocycles. The molecule has 0 unspecified atom stereocenters. The largest absolute Gasteiger partial charge is 0.326 e. The van der Waals surface area contributed by atoms with E-state index in [1.54, 1.807) is 11.3 Å². The molecular weight excluding hydrogens is 298 g/mol. The summed E-state index contributed by atoms with van der Waals surface area (Å²) in [5, 5.41) is 0. The van der Waals surface area contributed by atoms with Crippen molar-refractivity contribution in [1.29, 1.82) is 0 Å². The molecule has 5 heteroatoms. The molecule has 0 aromatic carbocycles. The molecule has 17 heavy (non-hydrogen) atoms. The van der Waals surface area contributed by atoms with Crippen LogP contribution >= 0.6 is 27.3 Å². The summed E-state index contributed by atoms with van der Waals surface area (Å²) < 4.78 is 1.10. The Hall–Kier alpha value is -0.780. The molecule has 3 nitrogen and oxygen atoms in total. The SMILES string of the molecule is NCc1cnc(-c2ccc(Br)s2)nc1C1CC1. The lowest BCUT2D eigenvalue weighted by atomic mass is 10.1. The molecule has 1 saturated carbocycles. The van der Waals surface area contributed by atoms with Gasteiger partial charge in [0, 0.05) is 24.2 Å². The van der Waals surface area contributed by atoms with Crippen LogP contribution < -0.4 is 5.73 Å². The second-order valence-electron chi connectivity index (χ2n) is 4.19. The van der Waals surface area contributed by atoms with Gasteiger partial charge in [-0.2, -0.15) is 0 Å². The van der Waals surface area contributed by atoms with Crippen LogP contribution in [0.15, 0.2) is 22.1 Å². The van der Waals surface area contributed by atoms with Crippen LogP contribution in [-0.4, -0.2) is 9.97 Å². The monoisotopic (exact) mass is 309 g/mol. The van der Waals surface area contributed by atoms with Crippen molar-refractivity contribution in [3.8, 4) is 10.7 Å². The number of nitrogens with two attached hydrogens (primary N) is 1. The zero-order valence-electron chi connectivity index (χ0n) is 9.19. The fourth-order valence-electron chi connectivity index (χ4n) is 1.84. The molecule has 0 amide bonds. The maximum absolute atomic E-state index is 5.72. The normalized spacial score (nSPS) is 15.2. The van der Waals surface area contributed by atoms with E-state index in [-0.39, 0.29) is 0 Å². The summed E-state index contributed by atoms with van der Waals surface area (Å²) in [7, 11) is 0. The third-order valence-corrected chi connectivity index (χ3v) is 4.50. The summed E-state index contributed by atoms with van der Waals surface area (Å²) in [6.45, 7) is 0.528. The molecule has 2 N–H and O–H groups in total. The minimum atomic E-state index is 0.528. The van der Waals surface area contributed by atoms with Crippen LogP contribution in [0.1, 0.15) is 30.0 Å². The molecule has 1 aliphatic rings. The number of hydrogen-bond acceptors (Lipinski definition) is 4. The van der Waals surface area contributed by atoms with E-state index in [4.69, 9.17) is 5.73 Å². The summed E-state index contributed by atoms with van der Waals surface area (Å²) in [6.07, 6.45) is 4.35. The lowest BCUT2D eigenvalue weighted by molar-refractivity contribution is 0.912. The lowest BCUT2D eigenvalue weighted by Gasteiger charge is -2.06. The summed E-state index contributed by atoms with van der Waals surface area (Å²) in [5.41, 5.74) is 7.97. The molecular formula is C12H12BrN3S. The van der Waals surface area contributed by atoms with Gasteiger partial charge in [0.25, 0.3) is 0 Å². The standard InChI is InChI=1S/C12H12BrN3S/c13-10-4-3-9(17-10)12-15-6-8(5-14)11(16-12)7-1-2-7/h3-4,6-7H,1-2,5,14H2. The second kappa shape index (κ2) is 4.48. The smallest absolute Gasteiger partial charge is 0.169 e. The highest BCUT2D eigenvalue weighted by molar-refractivity contribution is 9.11. The molecule has 1 fully saturated rings. The van der Waals surface area contributed by atoms with Crippen molar-refractivity contribution in [3.05, 3.63) is 33.4 Å². The summed E-state index contributed by atoms with van der Waals surface area (Å²) >= 11 is 5.12. The molecule has 88 valence electrons. The van der Waals surface area contributed by atoms with E-state index in [2.05, 4.69) is 25.9 Å². The van der Waals surface area contributed by atoms with Gasteiger partial charge < -0.3 is 5.73 Å². The first-order chi connectivity index (χ1) is 8.28. The third-order valence-electron chi connectivity index (χ3n) is 2.88. The van der Waals surface area contributed by atoms with Gasteiger partial charge in [0.15, 0.2) is 5.82 Å². The average Bonchev–Trinajstić information content (AvgIpc) is 3.11. The summed E-state index contributed by atoms with van der Waals surface area (Å²) in [6, 6.07) is 4.07. The van der Waals surface area contributed by atoms with Crippen molar-refractivity contribution >= 4 is 27.3 Å². The van der Waals surface area contributed by atoms with E-state index in [9.17, 15) is 0 Å². The Balaban J connectivity index is 2.03. The van der Waals surface area contributed by atoms with E-state index >= 15 is 0 Å². The Kier molecular flexibility index (Phi) is 2.98. The first kappa shape index (κ1) is 11.3. The molecule has 0 spiro atoms. The third kappa shape index (κ3) is 2.27. The highest BCUT2D eigenvalue weighted by Gasteiger charge is 2.28. The number of halogens is 1. The number of thiophene rings is 1. The molecule has 2 aromatic heterocycles. The average molecular weight is 310 g/mol. The quantitative estimate of drug-likeness (QED) is 0.946. The zero-order chi connectivity index (χ0) is 11.8. The van der Waals surface area contributed by atoms with Gasteiger partial charge in [-0.1, -0.05) is 0 Å².